The van der Waals surface area contributed by atoms with Gasteiger partial charge in [-0.05, 0) is 36.4 Å². The Morgan fingerprint density at radius 2 is 1.83 bits per heavy atom. The van der Waals surface area contributed by atoms with E-state index in [1.165, 1.54) is 0 Å². The maximum absolute atomic E-state index is 12.2. The molecule has 2 aromatic carbocycles. The smallest absolute Gasteiger partial charge is 0.255 e. The summed E-state index contributed by atoms with van der Waals surface area (Å²) in [5.74, 6) is 0.310. The average Bonchev–Trinajstić information content (AvgIpc) is 2.62. The Balaban J connectivity index is 1.73. The highest BCUT2D eigenvalue weighted by molar-refractivity contribution is 9.10. The molecule has 0 atom stereocenters. The van der Waals surface area contributed by atoms with Crippen molar-refractivity contribution in [2.75, 3.05) is 12.4 Å². The van der Waals surface area contributed by atoms with Gasteiger partial charge in [-0.2, -0.15) is 0 Å². The number of anilines is 1. The van der Waals surface area contributed by atoms with E-state index in [0.717, 1.165) is 15.7 Å². The molecule has 24 heavy (non-hydrogen) atoms. The van der Waals surface area contributed by atoms with Crippen LogP contribution in [-0.2, 0) is 0 Å². The molecule has 0 spiro atoms. The van der Waals surface area contributed by atoms with Gasteiger partial charge in [0.2, 0.25) is 5.88 Å². The van der Waals surface area contributed by atoms with Crippen LogP contribution in [0.1, 0.15) is 10.4 Å². The van der Waals surface area contributed by atoms with Gasteiger partial charge in [-0.25, -0.2) is 0 Å². The lowest BCUT2D eigenvalue weighted by Gasteiger charge is -2.07. The molecular weight excluding hydrogens is 370 g/mol. The topological polar surface area (TPSA) is 64.1 Å². The summed E-state index contributed by atoms with van der Waals surface area (Å²) in [6.45, 7) is 0. The molecule has 0 saturated heterocycles. The largest absolute Gasteiger partial charge is 0.480 e. The second-order valence-electron chi connectivity index (χ2n) is 5.00. The predicted octanol–water partition coefficient (Wildman–Crippen LogP) is 4.17. The van der Waals surface area contributed by atoms with E-state index < -0.39 is 0 Å². The number of carbonyl (C=O) groups excluding carboxylic acids is 1. The number of ether oxygens (including phenoxy) is 1. The SMILES string of the molecule is COc1ccc(-c2ccc(NC(=O)c3cccc(Br)c3)cc2)nn1. The number of halogens is 1. The van der Waals surface area contributed by atoms with Gasteiger partial charge in [-0.1, -0.05) is 34.1 Å². The van der Waals surface area contributed by atoms with Crippen LogP contribution in [0.15, 0.2) is 65.1 Å². The fraction of sp³-hybridized carbons (Fsp3) is 0.0556. The minimum atomic E-state index is -0.159. The van der Waals surface area contributed by atoms with Gasteiger partial charge in [-0.15, -0.1) is 10.2 Å². The number of nitrogens with zero attached hydrogens (tertiary/aromatic N) is 2. The van der Waals surface area contributed by atoms with E-state index in [-0.39, 0.29) is 5.91 Å². The zero-order chi connectivity index (χ0) is 16.9. The molecule has 1 heterocycles. The maximum atomic E-state index is 12.2. The van der Waals surface area contributed by atoms with Gasteiger partial charge in [0.25, 0.3) is 5.91 Å². The van der Waals surface area contributed by atoms with Gasteiger partial charge < -0.3 is 10.1 Å². The highest BCUT2D eigenvalue weighted by Gasteiger charge is 2.07. The lowest BCUT2D eigenvalue weighted by atomic mass is 10.1. The van der Waals surface area contributed by atoms with Crippen molar-refractivity contribution in [1.29, 1.82) is 0 Å². The first-order valence-corrected chi connectivity index (χ1v) is 8.00. The Morgan fingerprint density at radius 1 is 1.04 bits per heavy atom. The standard InChI is InChI=1S/C18H14BrN3O2/c1-24-17-10-9-16(21-22-17)12-5-7-15(8-6-12)20-18(23)13-3-2-4-14(19)11-13/h2-11H,1H3,(H,20,23). The minimum Gasteiger partial charge on any atom is -0.480 e. The fourth-order valence-electron chi connectivity index (χ4n) is 2.14. The number of nitrogens with one attached hydrogen (secondary N) is 1. The van der Waals surface area contributed by atoms with Crippen LogP contribution in [0.25, 0.3) is 11.3 Å². The molecule has 1 aromatic heterocycles. The van der Waals surface area contributed by atoms with Gasteiger partial charge in [-0.3, -0.25) is 4.79 Å². The quantitative estimate of drug-likeness (QED) is 0.734. The molecule has 0 bridgehead atoms. The number of carbonyl (C=O) groups is 1. The number of aromatic nitrogens is 2. The predicted molar refractivity (Wildman–Crippen MR) is 96.1 cm³/mol. The Labute approximate surface area is 147 Å². The average molecular weight is 384 g/mol. The lowest BCUT2D eigenvalue weighted by Crippen LogP contribution is -2.11. The molecule has 0 aliphatic heterocycles. The van der Waals surface area contributed by atoms with Crippen LogP contribution in [-0.4, -0.2) is 23.2 Å². The first kappa shape index (κ1) is 16.1. The summed E-state index contributed by atoms with van der Waals surface area (Å²) in [5, 5.41) is 10.9. The molecular formula is C18H14BrN3O2. The fourth-order valence-corrected chi connectivity index (χ4v) is 2.54. The van der Waals surface area contributed by atoms with Crippen molar-refractivity contribution >= 4 is 27.5 Å². The Hall–Kier alpha value is -2.73. The summed E-state index contributed by atoms with van der Waals surface area (Å²) in [6, 6.07) is 18.3. The first-order chi connectivity index (χ1) is 11.7. The van der Waals surface area contributed by atoms with Crippen LogP contribution in [0.4, 0.5) is 5.69 Å². The zero-order valence-corrected chi connectivity index (χ0v) is 14.4. The number of rotatable bonds is 4. The molecule has 1 amide bonds. The second-order valence-corrected chi connectivity index (χ2v) is 5.92. The maximum Gasteiger partial charge on any atom is 0.255 e. The Kier molecular flexibility index (Phi) is 4.86. The van der Waals surface area contributed by atoms with Crippen LogP contribution in [0.3, 0.4) is 0 Å². The molecule has 0 fully saturated rings. The third-order valence-corrected chi connectivity index (χ3v) is 3.87. The second kappa shape index (κ2) is 7.23. The number of amides is 1. The van der Waals surface area contributed by atoms with E-state index >= 15 is 0 Å². The third-order valence-electron chi connectivity index (χ3n) is 3.37. The monoisotopic (exact) mass is 383 g/mol. The van der Waals surface area contributed by atoms with Crippen LogP contribution in [0.2, 0.25) is 0 Å². The third kappa shape index (κ3) is 3.78. The van der Waals surface area contributed by atoms with Gasteiger partial charge in [0, 0.05) is 27.4 Å². The van der Waals surface area contributed by atoms with Crippen molar-refractivity contribution in [1.82, 2.24) is 10.2 Å². The lowest BCUT2D eigenvalue weighted by molar-refractivity contribution is 0.102. The van der Waals surface area contributed by atoms with E-state index in [9.17, 15) is 4.79 Å². The number of methoxy groups -OCH3 is 1. The van der Waals surface area contributed by atoms with Crippen molar-refractivity contribution < 1.29 is 9.53 Å². The Morgan fingerprint density at radius 3 is 2.46 bits per heavy atom. The van der Waals surface area contributed by atoms with Crippen molar-refractivity contribution in [3.63, 3.8) is 0 Å². The summed E-state index contributed by atoms with van der Waals surface area (Å²) >= 11 is 3.36. The number of hydrogen-bond acceptors (Lipinski definition) is 4. The molecule has 1 N–H and O–H groups in total. The van der Waals surface area contributed by atoms with Crippen LogP contribution in [0, 0.1) is 0 Å². The van der Waals surface area contributed by atoms with Crippen LogP contribution >= 0.6 is 15.9 Å². The molecule has 0 radical (unpaired) electrons. The molecule has 6 heteroatoms. The van der Waals surface area contributed by atoms with Crippen molar-refractivity contribution in [3.8, 4) is 17.1 Å². The number of hydrogen-bond donors (Lipinski definition) is 1. The highest BCUT2D eigenvalue weighted by atomic mass is 79.9. The van der Waals surface area contributed by atoms with E-state index in [0.29, 0.717) is 17.1 Å². The zero-order valence-electron chi connectivity index (χ0n) is 12.9. The summed E-state index contributed by atoms with van der Waals surface area (Å²) in [7, 11) is 1.55. The van der Waals surface area contributed by atoms with Gasteiger partial charge >= 0.3 is 0 Å². The highest BCUT2D eigenvalue weighted by Crippen LogP contribution is 2.21. The van der Waals surface area contributed by atoms with Gasteiger partial charge in [0.1, 0.15) is 0 Å². The molecule has 0 aliphatic carbocycles. The van der Waals surface area contributed by atoms with Gasteiger partial charge in [0.15, 0.2) is 0 Å². The Bertz CT molecular complexity index is 849. The normalized spacial score (nSPS) is 10.2. The minimum absolute atomic E-state index is 0.159. The van der Waals surface area contributed by atoms with Crippen molar-refractivity contribution in [3.05, 3.63) is 70.7 Å². The van der Waals surface area contributed by atoms with Crippen molar-refractivity contribution in [2.24, 2.45) is 0 Å². The molecule has 5 nitrogen and oxygen atoms in total. The summed E-state index contributed by atoms with van der Waals surface area (Å²) in [6.07, 6.45) is 0. The molecule has 0 aliphatic rings. The van der Waals surface area contributed by atoms with Crippen LogP contribution in [0.5, 0.6) is 5.88 Å². The van der Waals surface area contributed by atoms with E-state index in [4.69, 9.17) is 4.74 Å². The molecule has 0 saturated carbocycles. The van der Waals surface area contributed by atoms with E-state index in [1.807, 2.05) is 42.5 Å². The summed E-state index contributed by atoms with van der Waals surface area (Å²) in [5.41, 5.74) is 2.95. The molecule has 120 valence electrons. The molecule has 3 rings (SSSR count). The first-order valence-electron chi connectivity index (χ1n) is 7.21. The summed E-state index contributed by atoms with van der Waals surface area (Å²) < 4.78 is 5.86. The van der Waals surface area contributed by atoms with Crippen molar-refractivity contribution in [2.45, 2.75) is 0 Å². The van der Waals surface area contributed by atoms with Crippen LogP contribution < -0.4 is 10.1 Å². The molecule has 3 aromatic rings. The van der Waals surface area contributed by atoms with E-state index in [2.05, 4.69) is 31.4 Å². The molecule has 0 unspecified atom stereocenters. The van der Waals surface area contributed by atoms with E-state index in [1.54, 1.807) is 25.3 Å². The summed E-state index contributed by atoms with van der Waals surface area (Å²) in [4.78, 5) is 12.2. The van der Waals surface area contributed by atoms with Gasteiger partial charge in [0.05, 0.1) is 12.8 Å². The number of benzene rings is 2.